The second-order valence-corrected chi connectivity index (χ2v) is 7.88. The molecular formula is C15H23ClN2O2S. The molecule has 0 spiro atoms. The van der Waals surface area contributed by atoms with Gasteiger partial charge in [-0.2, -0.15) is 4.31 Å². The van der Waals surface area contributed by atoms with E-state index >= 15 is 0 Å². The molecule has 21 heavy (non-hydrogen) atoms. The average Bonchev–Trinajstić information content (AvgIpc) is 2.39. The molecule has 0 atom stereocenters. The van der Waals surface area contributed by atoms with Crippen molar-refractivity contribution in [3.8, 4) is 0 Å². The summed E-state index contributed by atoms with van der Waals surface area (Å²) in [6, 6.07) is 4.99. The molecule has 0 aromatic heterocycles. The van der Waals surface area contributed by atoms with Gasteiger partial charge in [0.15, 0.2) is 0 Å². The summed E-state index contributed by atoms with van der Waals surface area (Å²) in [6.45, 7) is 3.62. The zero-order valence-electron chi connectivity index (χ0n) is 12.6. The number of benzene rings is 1. The second-order valence-electron chi connectivity index (χ2n) is 5.54. The fourth-order valence-corrected chi connectivity index (χ4v) is 4.40. The molecule has 1 aliphatic carbocycles. The molecule has 1 aliphatic rings. The predicted molar refractivity (Wildman–Crippen MR) is 86.0 cm³/mol. The molecule has 2 rings (SSSR count). The summed E-state index contributed by atoms with van der Waals surface area (Å²) in [4.78, 5) is 0.286. The highest BCUT2D eigenvalue weighted by Crippen LogP contribution is 2.30. The number of nitrogens with one attached hydrogen (secondary N) is 1. The zero-order chi connectivity index (χ0) is 15.5. The van der Waals surface area contributed by atoms with E-state index in [2.05, 4.69) is 5.32 Å². The number of rotatable bonds is 7. The standard InChI is InChI=1S/C15H23ClN2O2S/c1-3-18(11-12-5-4-6-12)21(19,20)14-8-7-13(10-17-2)15(16)9-14/h7-9,12,17H,3-6,10-11H2,1-2H3. The van der Waals surface area contributed by atoms with Crippen molar-refractivity contribution >= 4 is 21.6 Å². The highest BCUT2D eigenvalue weighted by molar-refractivity contribution is 7.89. The van der Waals surface area contributed by atoms with Crippen LogP contribution in [0.1, 0.15) is 31.7 Å². The minimum absolute atomic E-state index is 0.286. The third-order valence-corrected chi connectivity index (χ3v) is 6.36. The van der Waals surface area contributed by atoms with Crippen molar-refractivity contribution in [2.24, 2.45) is 5.92 Å². The van der Waals surface area contributed by atoms with Gasteiger partial charge in [-0.15, -0.1) is 0 Å². The van der Waals surface area contributed by atoms with Gasteiger partial charge in [0.1, 0.15) is 0 Å². The Kier molecular flexibility index (Phi) is 5.66. The maximum atomic E-state index is 12.7. The Balaban J connectivity index is 2.22. The van der Waals surface area contributed by atoms with Gasteiger partial charge in [-0.25, -0.2) is 8.42 Å². The van der Waals surface area contributed by atoms with Crippen LogP contribution < -0.4 is 5.32 Å². The second kappa shape index (κ2) is 7.09. The van der Waals surface area contributed by atoms with Gasteiger partial charge in [-0.1, -0.05) is 31.0 Å². The summed E-state index contributed by atoms with van der Waals surface area (Å²) in [5, 5.41) is 3.50. The van der Waals surface area contributed by atoms with E-state index in [1.54, 1.807) is 22.5 Å². The molecule has 1 saturated carbocycles. The number of hydrogen-bond acceptors (Lipinski definition) is 3. The first-order chi connectivity index (χ1) is 9.98. The van der Waals surface area contributed by atoms with E-state index in [0.29, 0.717) is 30.6 Å². The van der Waals surface area contributed by atoms with Crippen molar-refractivity contribution < 1.29 is 8.42 Å². The van der Waals surface area contributed by atoms with Gasteiger partial charge in [-0.05, 0) is 43.5 Å². The van der Waals surface area contributed by atoms with Crippen LogP contribution in [0.25, 0.3) is 0 Å². The van der Waals surface area contributed by atoms with E-state index in [1.807, 2.05) is 14.0 Å². The van der Waals surface area contributed by atoms with Gasteiger partial charge in [0.25, 0.3) is 0 Å². The fraction of sp³-hybridized carbons (Fsp3) is 0.600. The van der Waals surface area contributed by atoms with Crippen LogP contribution in [-0.2, 0) is 16.6 Å². The van der Waals surface area contributed by atoms with E-state index in [0.717, 1.165) is 18.4 Å². The molecule has 0 radical (unpaired) electrons. The molecule has 1 aromatic rings. The lowest BCUT2D eigenvalue weighted by Crippen LogP contribution is -2.37. The first-order valence-electron chi connectivity index (χ1n) is 7.42. The van der Waals surface area contributed by atoms with Gasteiger partial charge < -0.3 is 5.32 Å². The van der Waals surface area contributed by atoms with E-state index < -0.39 is 10.0 Å². The molecule has 1 fully saturated rings. The van der Waals surface area contributed by atoms with Crippen molar-refractivity contribution in [2.75, 3.05) is 20.1 Å². The molecular weight excluding hydrogens is 308 g/mol. The van der Waals surface area contributed by atoms with Crippen LogP contribution in [0.5, 0.6) is 0 Å². The molecule has 4 nitrogen and oxygen atoms in total. The van der Waals surface area contributed by atoms with Crippen LogP contribution >= 0.6 is 11.6 Å². The fourth-order valence-electron chi connectivity index (χ4n) is 2.53. The number of sulfonamides is 1. The van der Waals surface area contributed by atoms with Gasteiger partial charge >= 0.3 is 0 Å². The molecule has 0 unspecified atom stereocenters. The summed E-state index contributed by atoms with van der Waals surface area (Å²) >= 11 is 6.18. The Labute approximate surface area is 132 Å². The van der Waals surface area contributed by atoms with Crippen LogP contribution in [-0.4, -0.2) is 32.9 Å². The number of nitrogens with zero attached hydrogens (tertiary/aromatic N) is 1. The SMILES string of the molecule is CCN(CC1CCC1)S(=O)(=O)c1ccc(CNC)c(Cl)c1. The lowest BCUT2D eigenvalue weighted by atomic mass is 9.85. The first-order valence-corrected chi connectivity index (χ1v) is 9.24. The molecule has 0 bridgehead atoms. The van der Waals surface area contributed by atoms with Crippen molar-refractivity contribution in [3.05, 3.63) is 28.8 Å². The normalized spacial score (nSPS) is 16.2. The van der Waals surface area contributed by atoms with Gasteiger partial charge in [0.05, 0.1) is 4.90 Å². The highest BCUT2D eigenvalue weighted by atomic mass is 35.5. The topological polar surface area (TPSA) is 49.4 Å². The summed E-state index contributed by atoms with van der Waals surface area (Å²) in [6.07, 6.45) is 3.48. The van der Waals surface area contributed by atoms with Crippen molar-refractivity contribution in [1.82, 2.24) is 9.62 Å². The molecule has 6 heteroatoms. The molecule has 118 valence electrons. The zero-order valence-corrected chi connectivity index (χ0v) is 14.2. The quantitative estimate of drug-likeness (QED) is 0.836. The van der Waals surface area contributed by atoms with Crippen molar-refractivity contribution in [3.63, 3.8) is 0 Å². The van der Waals surface area contributed by atoms with Gasteiger partial charge in [0.2, 0.25) is 10.0 Å². The maximum absolute atomic E-state index is 12.7. The Bertz CT molecular complexity index is 585. The molecule has 0 heterocycles. The summed E-state index contributed by atoms with van der Waals surface area (Å²) in [5.41, 5.74) is 0.903. The van der Waals surface area contributed by atoms with E-state index in [9.17, 15) is 8.42 Å². The number of hydrogen-bond donors (Lipinski definition) is 1. The Morgan fingerprint density at radius 3 is 2.57 bits per heavy atom. The van der Waals surface area contributed by atoms with Gasteiger partial charge in [0, 0.05) is 24.7 Å². The summed E-state index contributed by atoms with van der Waals surface area (Å²) in [7, 11) is -1.62. The first kappa shape index (κ1) is 16.7. The Hall–Kier alpha value is -0.620. The molecule has 0 amide bonds. The number of halogens is 1. The highest BCUT2D eigenvalue weighted by Gasteiger charge is 2.28. The third kappa shape index (κ3) is 3.77. The van der Waals surface area contributed by atoms with Crippen LogP contribution in [0.3, 0.4) is 0 Å². The summed E-state index contributed by atoms with van der Waals surface area (Å²) < 4.78 is 27.0. The lowest BCUT2D eigenvalue weighted by molar-refractivity contribution is 0.250. The minimum atomic E-state index is -3.45. The maximum Gasteiger partial charge on any atom is 0.243 e. The van der Waals surface area contributed by atoms with E-state index in [4.69, 9.17) is 11.6 Å². The largest absolute Gasteiger partial charge is 0.316 e. The predicted octanol–water partition coefficient (Wildman–Crippen LogP) is 2.87. The van der Waals surface area contributed by atoms with Crippen LogP contribution in [0.4, 0.5) is 0 Å². The van der Waals surface area contributed by atoms with Crippen molar-refractivity contribution in [2.45, 2.75) is 37.6 Å². The minimum Gasteiger partial charge on any atom is -0.316 e. The van der Waals surface area contributed by atoms with E-state index in [-0.39, 0.29) is 4.90 Å². The molecule has 1 aromatic carbocycles. The van der Waals surface area contributed by atoms with Gasteiger partial charge in [-0.3, -0.25) is 0 Å². The lowest BCUT2D eigenvalue weighted by Gasteiger charge is -2.31. The monoisotopic (exact) mass is 330 g/mol. The van der Waals surface area contributed by atoms with Crippen LogP contribution in [0, 0.1) is 5.92 Å². The molecule has 0 saturated heterocycles. The average molecular weight is 331 g/mol. The summed E-state index contributed by atoms with van der Waals surface area (Å²) in [5.74, 6) is 0.513. The van der Waals surface area contributed by atoms with Crippen molar-refractivity contribution in [1.29, 1.82) is 0 Å². The molecule has 1 N–H and O–H groups in total. The van der Waals surface area contributed by atoms with Crippen LogP contribution in [0.2, 0.25) is 5.02 Å². The Morgan fingerprint density at radius 1 is 1.38 bits per heavy atom. The molecule has 0 aliphatic heterocycles. The van der Waals surface area contributed by atoms with E-state index in [1.165, 1.54) is 6.42 Å². The van der Waals surface area contributed by atoms with Crippen LogP contribution in [0.15, 0.2) is 23.1 Å². The Morgan fingerprint density at radius 2 is 2.10 bits per heavy atom. The third-order valence-electron chi connectivity index (χ3n) is 4.07. The smallest absolute Gasteiger partial charge is 0.243 e.